The van der Waals surface area contributed by atoms with Gasteiger partial charge in [0, 0.05) is 0 Å². The Bertz CT molecular complexity index is 727. The minimum Gasteiger partial charge on any atom is -0.301 e. The van der Waals surface area contributed by atoms with E-state index in [4.69, 9.17) is 0 Å². The van der Waals surface area contributed by atoms with Crippen LogP contribution in [-0.4, -0.2) is 32.1 Å². The zero-order valence-electron chi connectivity index (χ0n) is 11.4. The number of hydrogen-bond acceptors (Lipinski definition) is 5. The molecule has 0 aliphatic carbocycles. The molecule has 108 valence electrons. The van der Waals surface area contributed by atoms with Crippen molar-refractivity contribution in [1.82, 2.24) is 9.71 Å². The summed E-state index contributed by atoms with van der Waals surface area (Å²) >= 11 is 1.38. The predicted molar refractivity (Wildman–Crippen MR) is 80.6 cm³/mol. The normalized spacial score (nSPS) is 11.8. The molecular weight excluding hydrogens is 298 g/mol. The van der Waals surface area contributed by atoms with Crippen LogP contribution in [0.5, 0.6) is 0 Å². The van der Waals surface area contributed by atoms with E-state index < -0.39 is 15.9 Å². The maximum absolute atomic E-state index is 11.6. The summed E-state index contributed by atoms with van der Waals surface area (Å²) in [6, 6.07) is 3.99. The molecule has 8 heteroatoms. The minimum absolute atomic E-state index is 0.299. The molecule has 0 unspecified atom stereocenters. The van der Waals surface area contributed by atoms with Crippen LogP contribution < -0.4 is 10.0 Å². The first-order valence-corrected chi connectivity index (χ1v) is 8.58. The number of fused-ring (bicyclic) bond motifs is 1. The van der Waals surface area contributed by atoms with E-state index in [1.54, 1.807) is 0 Å². The highest BCUT2D eigenvalue weighted by Gasteiger charge is 2.12. The van der Waals surface area contributed by atoms with Crippen molar-refractivity contribution >= 4 is 42.6 Å². The first-order chi connectivity index (χ1) is 9.26. The van der Waals surface area contributed by atoms with Crippen LogP contribution in [0, 0.1) is 13.8 Å². The molecule has 1 heterocycles. The highest BCUT2D eigenvalue weighted by Crippen LogP contribution is 2.30. The number of benzene rings is 1. The van der Waals surface area contributed by atoms with Gasteiger partial charge < -0.3 is 5.32 Å². The van der Waals surface area contributed by atoms with Crippen molar-refractivity contribution in [3.05, 3.63) is 23.3 Å². The Labute approximate surface area is 121 Å². The summed E-state index contributed by atoms with van der Waals surface area (Å²) in [5.74, 6) is -0.440. The van der Waals surface area contributed by atoms with E-state index in [0.29, 0.717) is 5.13 Å². The number of nitrogens with zero attached hydrogens (tertiary/aromatic N) is 1. The Kier molecular flexibility index (Phi) is 4.07. The molecule has 6 nitrogen and oxygen atoms in total. The maximum Gasteiger partial charge on any atom is 0.241 e. The van der Waals surface area contributed by atoms with E-state index in [1.165, 1.54) is 11.3 Å². The number of amides is 1. The standard InChI is InChI=1S/C12H15N3O3S2/c1-7-4-5-8(2)11-10(7)15-12(19-11)14-9(16)6-13-20(3,17)18/h4-5,13H,6H2,1-3H3,(H,14,15,16). The van der Waals surface area contributed by atoms with Gasteiger partial charge in [0.25, 0.3) is 0 Å². The largest absolute Gasteiger partial charge is 0.301 e. The van der Waals surface area contributed by atoms with Crippen LogP contribution in [0.25, 0.3) is 10.2 Å². The van der Waals surface area contributed by atoms with E-state index >= 15 is 0 Å². The van der Waals surface area contributed by atoms with Gasteiger partial charge in [0.2, 0.25) is 15.9 Å². The summed E-state index contributed by atoms with van der Waals surface area (Å²) in [7, 11) is -3.38. The van der Waals surface area contributed by atoms with Crippen molar-refractivity contribution in [2.75, 3.05) is 18.1 Å². The third-order valence-corrected chi connectivity index (χ3v) is 4.46. The van der Waals surface area contributed by atoms with Gasteiger partial charge in [-0.3, -0.25) is 4.79 Å². The van der Waals surface area contributed by atoms with Gasteiger partial charge in [0.05, 0.1) is 23.0 Å². The summed E-state index contributed by atoms with van der Waals surface area (Å²) in [4.78, 5) is 16.0. The van der Waals surface area contributed by atoms with Gasteiger partial charge in [-0.1, -0.05) is 23.5 Å². The molecular formula is C12H15N3O3S2. The summed E-state index contributed by atoms with van der Waals surface area (Å²) in [5, 5.41) is 3.07. The molecule has 2 N–H and O–H groups in total. The van der Waals surface area contributed by atoms with Gasteiger partial charge in [-0.25, -0.2) is 18.1 Å². The van der Waals surface area contributed by atoms with Crippen LogP contribution in [0.2, 0.25) is 0 Å². The number of hydrogen-bond donors (Lipinski definition) is 2. The second-order valence-corrected chi connectivity index (χ2v) is 7.37. The molecule has 0 saturated heterocycles. The Morgan fingerprint density at radius 3 is 2.55 bits per heavy atom. The molecule has 2 aromatic rings. The second-order valence-electron chi connectivity index (χ2n) is 4.54. The summed E-state index contributed by atoms with van der Waals surface area (Å²) < 4.78 is 25.0. The van der Waals surface area contributed by atoms with Gasteiger partial charge in [-0.05, 0) is 25.0 Å². The predicted octanol–water partition coefficient (Wildman–Crippen LogP) is 1.40. The van der Waals surface area contributed by atoms with Crippen molar-refractivity contribution < 1.29 is 13.2 Å². The molecule has 0 fully saturated rings. The van der Waals surface area contributed by atoms with E-state index in [9.17, 15) is 13.2 Å². The van der Waals surface area contributed by atoms with Crippen LogP contribution in [0.3, 0.4) is 0 Å². The smallest absolute Gasteiger partial charge is 0.241 e. The van der Waals surface area contributed by atoms with E-state index in [0.717, 1.165) is 27.6 Å². The number of carbonyl (C=O) groups excluding carboxylic acids is 1. The van der Waals surface area contributed by atoms with Crippen molar-refractivity contribution in [1.29, 1.82) is 0 Å². The monoisotopic (exact) mass is 313 g/mol. The van der Waals surface area contributed by atoms with Crippen molar-refractivity contribution in [2.24, 2.45) is 0 Å². The Morgan fingerprint density at radius 2 is 1.95 bits per heavy atom. The van der Waals surface area contributed by atoms with E-state index in [2.05, 4.69) is 15.0 Å². The fraction of sp³-hybridized carbons (Fsp3) is 0.333. The molecule has 0 spiro atoms. The second kappa shape index (κ2) is 5.47. The molecule has 20 heavy (non-hydrogen) atoms. The summed E-state index contributed by atoms with van der Waals surface area (Å²) in [5.41, 5.74) is 3.00. The SMILES string of the molecule is Cc1ccc(C)c2sc(NC(=O)CNS(C)(=O)=O)nc12. The van der Waals surface area contributed by atoms with Crippen LogP contribution in [0.15, 0.2) is 12.1 Å². The molecule has 0 saturated carbocycles. The molecule has 0 radical (unpaired) electrons. The van der Waals surface area contributed by atoms with Crippen molar-refractivity contribution in [3.63, 3.8) is 0 Å². The summed E-state index contributed by atoms with van der Waals surface area (Å²) in [6.45, 7) is 3.64. The Balaban J connectivity index is 2.16. The number of rotatable bonds is 4. The molecule has 1 amide bonds. The molecule has 0 atom stereocenters. The number of aryl methyl sites for hydroxylation is 2. The van der Waals surface area contributed by atoms with Crippen molar-refractivity contribution in [3.8, 4) is 0 Å². The Hall–Kier alpha value is -1.51. The molecule has 0 bridgehead atoms. The van der Waals surface area contributed by atoms with Gasteiger partial charge in [0.1, 0.15) is 0 Å². The van der Waals surface area contributed by atoms with Gasteiger partial charge in [0.15, 0.2) is 5.13 Å². The molecule has 1 aromatic heterocycles. The average molecular weight is 313 g/mol. The molecule has 0 aliphatic rings. The zero-order chi connectivity index (χ0) is 14.9. The number of sulfonamides is 1. The first-order valence-electron chi connectivity index (χ1n) is 5.87. The van der Waals surface area contributed by atoms with E-state index in [1.807, 2.05) is 26.0 Å². The van der Waals surface area contributed by atoms with Gasteiger partial charge >= 0.3 is 0 Å². The topological polar surface area (TPSA) is 88.2 Å². The lowest BCUT2D eigenvalue weighted by Gasteiger charge is -2.01. The lowest BCUT2D eigenvalue weighted by Crippen LogP contribution is -2.31. The fourth-order valence-corrected chi connectivity index (χ4v) is 3.09. The minimum atomic E-state index is -3.38. The lowest BCUT2D eigenvalue weighted by atomic mass is 10.1. The van der Waals surface area contributed by atoms with Crippen LogP contribution in [0.1, 0.15) is 11.1 Å². The number of thiazole rings is 1. The van der Waals surface area contributed by atoms with Crippen LogP contribution >= 0.6 is 11.3 Å². The zero-order valence-corrected chi connectivity index (χ0v) is 13.0. The molecule has 1 aromatic carbocycles. The average Bonchev–Trinajstić information content (AvgIpc) is 2.76. The maximum atomic E-state index is 11.6. The lowest BCUT2D eigenvalue weighted by molar-refractivity contribution is -0.115. The highest BCUT2D eigenvalue weighted by atomic mass is 32.2. The van der Waals surface area contributed by atoms with Gasteiger partial charge in [-0.2, -0.15) is 0 Å². The Morgan fingerprint density at radius 1 is 1.30 bits per heavy atom. The third-order valence-electron chi connectivity index (χ3n) is 2.68. The third kappa shape index (κ3) is 3.53. The number of anilines is 1. The van der Waals surface area contributed by atoms with Gasteiger partial charge in [-0.15, -0.1) is 0 Å². The number of carbonyl (C=O) groups is 1. The van der Waals surface area contributed by atoms with Crippen LogP contribution in [-0.2, 0) is 14.8 Å². The first kappa shape index (κ1) is 14.9. The molecule has 0 aliphatic heterocycles. The van der Waals surface area contributed by atoms with E-state index in [-0.39, 0.29) is 6.54 Å². The summed E-state index contributed by atoms with van der Waals surface area (Å²) in [6.07, 6.45) is 1.00. The number of nitrogens with one attached hydrogen (secondary N) is 2. The fourth-order valence-electron chi connectivity index (χ4n) is 1.67. The highest BCUT2D eigenvalue weighted by molar-refractivity contribution is 7.88. The van der Waals surface area contributed by atoms with Crippen LogP contribution in [0.4, 0.5) is 5.13 Å². The number of aromatic nitrogens is 1. The molecule has 2 rings (SSSR count). The van der Waals surface area contributed by atoms with Crippen molar-refractivity contribution in [2.45, 2.75) is 13.8 Å². The quantitative estimate of drug-likeness (QED) is 0.893.